The number of piperidine rings is 3. The van der Waals surface area contributed by atoms with E-state index >= 15 is 0 Å². The molecule has 4 aromatic carbocycles. The first kappa shape index (κ1) is 50.7. The van der Waals surface area contributed by atoms with Crippen LogP contribution in [0.4, 0.5) is 21.0 Å². The normalized spacial score (nSPS) is 15.9. The zero-order valence-electron chi connectivity index (χ0n) is 40.9. The molecule has 0 unspecified atom stereocenters. The number of nitriles is 2. The summed E-state index contributed by atoms with van der Waals surface area (Å²) < 4.78 is 0. The molecule has 0 saturated carbocycles. The predicted molar refractivity (Wildman–Crippen MR) is 268 cm³/mol. The van der Waals surface area contributed by atoms with Crippen LogP contribution in [0.15, 0.2) is 84.9 Å². The fourth-order valence-electron chi connectivity index (χ4n) is 9.05. The summed E-state index contributed by atoms with van der Waals surface area (Å²) in [6.45, 7) is 10.0. The van der Waals surface area contributed by atoms with Gasteiger partial charge < -0.3 is 40.0 Å². The second-order valence-corrected chi connectivity index (χ2v) is 18.9. The quantitative estimate of drug-likeness (QED) is 0.161. The molecule has 0 spiro atoms. The number of hydrogen-bond acceptors (Lipinski definition) is 8. The van der Waals surface area contributed by atoms with Crippen molar-refractivity contribution < 1.29 is 19.2 Å². The molecule has 6 amide bonds. The summed E-state index contributed by atoms with van der Waals surface area (Å²) >= 11 is 0. The standard InChI is InChI=1S/C28H35N5O2.C26H33N5O2/c1-20-4-7-24(18-26(20)30-28(35)32(3)25-12-14-31(2)15-13-25)27(34)33-16-10-23(11-17-33)22-8-5-21(19-29)6-9-22;1-19-5-8-23(17-24(19)28-26(33)30(4)16-15-29(2)3)25(32)31-13-11-22(12-14-31)21-9-6-20(18-27)7-10-21/h4-9,18,23,25H,10-17H2,1-3H3,(H,30,35);5-10,17,22H,11-16H2,1-4H3,(H,28,33). The van der Waals surface area contributed by atoms with E-state index in [4.69, 9.17) is 10.5 Å². The zero-order chi connectivity index (χ0) is 48.9. The molecule has 4 aromatic rings. The van der Waals surface area contributed by atoms with Crippen LogP contribution in [0.5, 0.6) is 0 Å². The first-order valence-corrected chi connectivity index (χ1v) is 23.8. The van der Waals surface area contributed by atoms with Gasteiger partial charge in [0.05, 0.1) is 23.3 Å². The number of carbonyl (C=O) groups is 4. The Bertz CT molecular complexity index is 2450. The summed E-state index contributed by atoms with van der Waals surface area (Å²) in [5.74, 6) is 0.786. The van der Waals surface area contributed by atoms with Crippen LogP contribution in [0.2, 0.25) is 0 Å². The maximum absolute atomic E-state index is 13.2. The summed E-state index contributed by atoms with van der Waals surface area (Å²) in [6, 6.07) is 30.8. The highest BCUT2D eigenvalue weighted by Gasteiger charge is 2.28. The number of rotatable bonds is 10. The summed E-state index contributed by atoms with van der Waals surface area (Å²) in [7, 11) is 9.67. The van der Waals surface area contributed by atoms with Crippen LogP contribution in [-0.4, -0.2) is 147 Å². The molecule has 68 heavy (non-hydrogen) atoms. The Kier molecular flexibility index (Phi) is 17.7. The van der Waals surface area contributed by atoms with Crippen LogP contribution in [0, 0.1) is 36.5 Å². The highest BCUT2D eigenvalue weighted by molar-refractivity contribution is 5.98. The molecule has 0 radical (unpaired) electrons. The summed E-state index contributed by atoms with van der Waals surface area (Å²) in [5.41, 5.74) is 8.17. The van der Waals surface area contributed by atoms with Gasteiger partial charge in [-0.2, -0.15) is 10.5 Å². The van der Waals surface area contributed by atoms with Crippen LogP contribution in [0.1, 0.15) is 104 Å². The van der Waals surface area contributed by atoms with Gasteiger partial charge in [-0.15, -0.1) is 0 Å². The van der Waals surface area contributed by atoms with Gasteiger partial charge in [0.1, 0.15) is 0 Å². The average molecular weight is 921 g/mol. The molecule has 358 valence electrons. The van der Waals surface area contributed by atoms with Gasteiger partial charge in [0.25, 0.3) is 11.8 Å². The number of nitrogens with one attached hydrogen (secondary N) is 2. The molecule has 3 saturated heterocycles. The first-order chi connectivity index (χ1) is 32.6. The molecule has 0 atom stereocenters. The van der Waals surface area contributed by atoms with E-state index < -0.39 is 0 Å². The maximum Gasteiger partial charge on any atom is 0.321 e. The topological polar surface area (TPSA) is 159 Å². The second-order valence-electron chi connectivity index (χ2n) is 18.9. The Labute approximate surface area is 403 Å². The molecule has 0 aliphatic carbocycles. The van der Waals surface area contributed by atoms with E-state index in [1.54, 1.807) is 22.9 Å². The number of nitrogens with zero attached hydrogens (tertiary/aromatic N) is 8. The number of urea groups is 2. The van der Waals surface area contributed by atoms with E-state index in [0.29, 0.717) is 78.2 Å². The molecule has 14 nitrogen and oxygen atoms in total. The van der Waals surface area contributed by atoms with Crippen molar-refractivity contribution in [2.24, 2.45) is 0 Å². The lowest BCUT2D eigenvalue weighted by atomic mass is 9.89. The van der Waals surface area contributed by atoms with Crippen molar-refractivity contribution in [1.82, 2.24) is 29.4 Å². The third-order valence-electron chi connectivity index (χ3n) is 13.8. The lowest BCUT2D eigenvalue weighted by molar-refractivity contribution is 0.0705. The van der Waals surface area contributed by atoms with Crippen LogP contribution in [-0.2, 0) is 0 Å². The van der Waals surface area contributed by atoms with Gasteiger partial charge in [-0.1, -0.05) is 36.4 Å². The first-order valence-electron chi connectivity index (χ1n) is 23.8. The third kappa shape index (κ3) is 13.5. The van der Waals surface area contributed by atoms with E-state index in [9.17, 15) is 19.2 Å². The number of likely N-dealkylation sites (N-methyl/N-ethyl adjacent to an activating group) is 2. The lowest BCUT2D eigenvalue weighted by Crippen LogP contribution is -2.46. The predicted octanol–water partition coefficient (Wildman–Crippen LogP) is 8.36. The molecule has 0 aromatic heterocycles. The van der Waals surface area contributed by atoms with E-state index in [-0.39, 0.29) is 29.9 Å². The van der Waals surface area contributed by atoms with Crippen molar-refractivity contribution in [2.75, 3.05) is 98.2 Å². The Morgan fingerprint density at radius 3 is 1.38 bits per heavy atom. The fourth-order valence-corrected chi connectivity index (χ4v) is 9.05. The van der Waals surface area contributed by atoms with Gasteiger partial charge in [0.2, 0.25) is 0 Å². The summed E-state index contributed by atoms with van der Waals surface area (Å²) in [6.07, 6.45) is 5.52. The van der Waals surface area contributed by atoms with Gasteiger partial charge in [0.15, 0.2) is 0 Å². The van der Waals surface area contributed by atoms with E-state index in [2.05, 4.69) is 34.7 Å². The number of benzene rings is 4. The van der Waals surface area contributed by atoms with Gasteiger partial charge in [-0.25, -0.2) is 9.59 Å². The van der Waals surface area contributed by atoms with Gasteiger partial charge >= 0.3 is 12.1 Å². The molecule has 0 bridgehead atoms. The van der Waals surface area contributed by atoms with Crippen LogP contribution in [0.25, 0.3) is 0 Å². The summed E-state index contributed by atoms with van der Waals surface area (Å²) in [4.78, 5) is 63.4. The smallest absolute Gasteiger partial charge is 0.321 e. The molecular weight excluding hydrogens is 853 g/mol. The van der Waals surface area contributed by atoms with Gasteiger partial charge in [-0.05, 0) is 169 Å². The highest BCUT2D eigenvalue weighted by atomic mass is 16.2. The molecule has 3 aliphatic rings. The maximum atomic E-state index is 13.2. The number of hydrogen-bond donors (Lipinski definition) is 2. The van der Waals surface area contributed by atoms with Crippen LogP contribution in [0.3, 0.4) is 0 Å². The second kappa shape index (κ2) is 23.8. The monoisotopic (exact) mass is 921 g/mol. The number of likely N-dealkylation sites (tertiary alicyclic amines) is 3. The zero-order valence-corrected chi connectivity index (χ0v) is 40.9. The SMILES string of the molecule is Cc1ccc(C(=O)N2CCC(c3ccc(C#N)cc3)CC2)cc1NC(=O)N(C)C1CCN(C)CC1.Cc1ccc(C(=O)N2CCC(c3ccc(C#N)cc3)CC2)cc1NC(=O)N(C)CCN(C)C. The molecule has 2 N–H and O–H groups in total. The largest absolute Gasteiger partial charge is 0.339 e. The number of amides is 6. The molecule has 3 heterocycles. The molecule has 3 aliphatic heterocycles. The van der Waals surface area contributed by atoms with Crippen molar-refractivity contribution >= 4 is 35.3 Å². The fraction of sp³-hybridized carbons (Fsp3) is 0.444. The highest BCUT2D eigenvalue weighted by Crippen LogP contribution is 2.31. The Balaban J connectivity index is 0.000000224. The number of anilines is 2. The minimum absolute atomic E-state index is 0.00227. The Morgan fingerprint density at radius 2 is 0.985 bits per heavy atom. The van der Waals surface area contributed by atoms with E-state index in [0.717, 1.165) is 69.3 Å². The summed E-state index contributed by atoms with van der Waals surface area (Å²) in [5, 5.41) is 24.0. The number of carbonyl (C=O) groups excluding carboxylic acids is 4. The van der Waals surface area contributed by atoms with Crippen molar-refractivity contribution in [1.29, 1.82) is 10.5 Å². The number of aryl methyl sites for hydroxylation is 2. The van der Waals surface area contributed by atoms with Crippen LogP contribution >= 0.6 is 0 Å². The third-order valence-corrected chi connectivity index (χ3v) is 13.8. The molecule has 3 fully saturated rings. The van der Waals surface area contributed by atoms with Crippen molar-refractivity contribution in [3.8, 4) is 12.1 Å². The van der Waals surface area contributed by atoms with E-state index in [1.807, 2.05) is 129 Å². The van der Waals surface area contributed by atoms with Crippen molar-refractivity contribution in [3.05, 3.63) is 129 Å². The van der Waals surface area contributed by atoms with Crippen molar-refractivity contribution in [3.63, 3.8) is 0 Å². The average Bonchev–Trinajstić information content (AvgIpc) is 3.36. The minimum atomic E-state index is -0.187. The minimum Gasteiger partial charge on any atom is -0.339 e. The van der Waals surface area contributed by atoms with Crippen molar-refractivity contribution in [2.45, 2.75) is 70.3 Å². The van der Waals surface area contributed by atoms with Crippen LogP contribution < -0.4 is 10.6 Å². The van der Waals surface area contributed by atoms with E-state index in [1.165, 1.54) is 11.1 Å². The lowest BCUT2D eigenvalue weighted by Gasteiger charge is -2.35. The molecule has 7 rings (SSSR count). The Hall–Kier alpha value is -6.74. The molecular formula is C54H68N10O4. The Morgan fingerprint density at radius 1 is 0.574 bits per heavy atom. The van der Waals surface area contributed by atoms with Gasteiger partial charge in [0, 0.05) is 81.9 Å². The molecule has 14 heteroatoms. The van der Waals surface area contributed by atoms with Gasteiger partial charge in [-0.3, -0.25) is 9.59 Å².